The number of benzene rings is 2. The zero-order valence-corrected chi connectivity index (χ0v) is 12.9. The third kappa shape index (κ3) is 3.60. The van der Waals surface area contributed by atoms with Crippen molar-refractivity contribution in [2.45, 2.75) is 6.61 Å². The van der Waals surface area contributed by atoms with E-state index in [9.17, 15) is 9.18 Å². The zero-order chi connectivity index (χ0) is 16.9. The molecular weight excluding hydrogens is 313 g/mol. The predicted octanol–water partition coefficient (Wildman–Crippen LogP) is 3.85. The van der Waals surface area contributed by atoms with Gasteiger partial charge in [0.2, 0.25) is 0 Å². The molecule has 0 unspecified atom stereocenters. The summed E-state index contributed by atoms with van der Waals surface area (Å²) in [5.74, 6) is 0.294. The molecule has 0 atom stereocenters. The van der Waals surface area contributed by atoms with Gasteiger partial charge in [0.1, 0.15) is 18.2 Å². The Balaban J connectivity index is 1.65. The number of hydrogen-bond donors (Lipinski definition) is 0. The second kappa shape index (κ2) is 6.95. The number of hydrogen-bond acceptors (Lipinski definition) is 5. The fourth-order valence-corrected chi connectivity index (χ4v) is 2.07. The van der Waals surface area contributed by atoms with E-state index in [1.807, 2.05) is 0 Å². The molecule has 0 fully saturated rings. The van der Waals surface area contributed by atoms with Crippen LogP contribution in [0, 0.1) is 5.82 Å². The average molecular weight is 327 g/mol. The minimum Gasteiger partial charge on any atom is -0.489 e. The van der Waals surface area contributed by atoms with Gasteiger partial charge in [-0.2, -0.15) is 0 Å². The summed E-state index contributed by atoms with van der Waals surface area (Å²) in [5.41, 5.74) is 1.74. The second-order valence-electron chi connectivity index (χ2n) is 5.01. The van der Waals surface area contributed by atoms with Gasteiger partial charge in [-0.1, -0.05) is 17.3 Å². The van der Waals surface area contributed by atoms with Crippen LogP contribution in [-0.4, -0.2) is 18.2 Å². The number of carbonyl (C=O) groups is 1. The Bertz CT molecular complexity index is 825. The largest absolute Gasteiger partial charge is 0.489 e. The number of ether oxygens (including phenoxy) is 2. The summed E-state index contributed by atoms with van der Waals surface area (Å²) < 4.78 is 28.2. The van der Waals surface area contributed by atoms with E-state index in [0.29, 0.717) is 18.1 Å². The third-order valence-electron chi connectivity index (χ3n) is 3.36. The van der Waals surface area contributed by atoms with Crippen LogP contribution in [0.25, 0.3) is 11.3 Å². The Hall–Kier alpha value is -3.15. The number of esters is 1. The normalized spacial score (nSPS) is 10.4. The number of halogens is 1. The van der Waals surface area contributed by atoms with E-state index < -0.39 is 5.97 Å². The number of carbonyl (C=O) groups excluding carboxylic acids is 1. The standard InChI is InChI=1S/C18H14FNO4/c1-22-18(21)16-10-17(24-20-16)13-4-8-15(9-5-13)23-11-12-2-6-14(19)7-3-12/h2-10H,11H2,1H3. The van der Waals surface area contributed by atoms with Gasteiger partial charge < -0.3 is 14.0 Å². The van der Waals surface area contributed by atoms with E-state index in [4.69, 9.17) is 9.26 Å². The number of nitrogens with zero attached hydrogens (tertiary/aromatic N) is 1. The molecule has 0 spiro atoms. The molecule has 6 heteroatoms. The van der Waals surface area contributed by atoms with Crippen molar-refractivity contribution < 1.29 is 23.2 Å². The minimum atomic E-state index is -0.552. The van der Waals surface area contributed by atoms with Gasteiger partial charge in [-0.15, -0.1) is 0 Å². The fraction of sp³-hybridized carbons (Fsp3) is 0.111. The molecule has 3 aromatic rings. The van der Waals surface area contributed by atoms with E-state index in [1.54, 1.807) is 36.4 Å². The van der Waals surface area contributed by atoms with Crippen LogP contribution < -0.4 is 4.74 Å². The topological polar surface area (TPSA) is 61.6 Å². The molecule has 0 bridgehead atoms. The quantitative estimate of drug-likeness (QED) is 0.666. The summed E-state index contributed by atoms with van der Waals surface area (Å²) in [5, 5.41) is 3.66. The zero-order valence-electron chi connectivity index (χ0n) is 12.9. The lowest BCUT2D eigenvalue weighted by Gasteiger charge is -2.06. The van der Waals surface area contributed by atoms with Gasteiger partial charge >= 0.3 is 5.97 Å². The van der Waals surface area contributed by atoms with Crippen molar-refractivity contribution in [1.82, 2.24) is 5.16 Å². The molecule has 0 aliphatic carbocycles. The highest BCUT2D eigenvalue weighted by atomic mass is 19.1. The minimum absolute atomic E-state index is 0.115. The lowest BCUT2D eigenvalue weighted by atomic mass is 10.1. The molecule has 5 nitrogen and oxygen atoms in total. The van der Waals surface area contributed by atoms with Crippen LogP contribution in [0.2, 0.25) is 0 Å². The Morgan fingerprint density at radius 2 is 1.83 bits per heavy atom. The van der Waals surface area contributed by atoms with E-state index >= 15 is 0 Å². The van der Waals surface area contributed by atoms with Crippen molar-refractivity contribution in [2.24, 2.45) is 0 Å². The van der Waals surface area contributed by atoms with E-state index in [-0.39, 0.29) is 11.5 Å². The Morgan fingerprint density at radius 1 is 1.12 bits per heavy atom. The van der Waals surface area contributed by atoms with Crippen molar-refractivity contribution in [3.05, 3.63) is 71.7 Å². The second-order valence-corrected chi connectivity index (χ2v) is 5.01. The van der Waals surface area contributed by atoms with Gasteiger partial charge in [0.15, 0.2) is 11.5 Å². The SMILES string of the molecule is COC(=O)c1cc(-c2ccc(OCc3ccc(F)cc3)cc2)on1. The van der Waals surface area contributed by atoms with Gasteiger partial charge in [-0.3, -0.25) is 0 Å². The van der Waals surface area contributed by atoms with Crippen LogP contribution in [0.3, 0.4) is 0 Å². The van der Waals surface area contributed by atoms with E-state index in [0.717, 1.165) is 11.1 Å². The van der Waals surface area contributed by atoms with Crippen LogP contribution in [0.4, 0.5) is 4.39 Å². The van der Waals surface area contributed by atoms with E-state index in [1.165, 1.54) is 25.3 Å². The molecule has 1 aromatic heterocycles. The summed E-state index contributed by atoms with van der Waals surface area (Å²) in [7, 11) is 1.28. The van der Waals surface area contributed by atoms with Crippen molar-refractivity contribution in [3.8, 4) is 17.1 Å². The number of methoxy groups -OCH3 is 1. The first-order valence-electron chi connectivity index (χ1n) is 7.18. The van der Waals surface area contributed by atoms with Crippen LogP contribution >= 0.6 is 0 Å². The molecule has 0 saturated carbocycles. The molecule has 2 aromatic carbocycles. The maximum atomic E-state index is 12.8. The smallest absolute Gasteiger partial charge is 0.360 e. The van der Waals surface area contributed by atoms with Crippen molar-refractivity contribution in [1.29, 1.82) is 0 Å². The van der Waals surface area contributed by atoms with Gasteiger partial charge in [0, 0.05) is 11.6 Å². The highest BCUT2D eigenvalue weighted by Gasteiger charge is 2.13. The fourth-order valence-electron chi connectivity index (χ4n) is 2.07. The van der Waals surface area contributed by atoms with Crippen molar-refractivity contribution >= 4 is 5.97 Å². The van der Waals surface area contributed by atoms with Crippen LogP contribution in [0.5, 0.6) is 5.75 Å². The maximum absolute atomic E-state index is 12.8. The lowest BCUT2D eigenvalue weighted by Crippen LogP contribution is -2.00. The van der Waals surface area contributed by atoms with Gasteiger partial charge in [0.05, 0.1) is 7.11 Å². The van der Waals surface area contributed by atoms with Gasteiger partial charge in [-0.25, -0.2) is 9.18 Å². The monoisotopic (exact) mass is 327 g/mol. The molecule has 0 aliphatic rings. The van der Waals surface area contributed by atoms with Crippen molar-refractivity contribution in [3.63, 3.8) is 0 Å². The summed E-state index contributed by atoms with van der Waals surface area (Å²) in [6, 6.07) is 14.8. The Kier molecular flexibility index (Phi) is 4.56. The van der Waals surface area contributed by atoms with Crippen LogP contribution in [0.1, 0.15) is 16.1 Å². The maximum Gasteiger partial charge on any atom is 0.360 e. The first kappa shape index (κ1) is 15.7. The molecule has 0 N–H and O–H groups in total. The summed E-state index contributed by atoms with van der Waals surface area (Å²) in [4.78, 5) is 11.4. The van der Waals surface area contributed by atoms with Crippen LogP contribution in [-0.2, 0) is 11.3 Å². The summed E-state index contributed by atoms with van der Waals surface area (Å²) in [6.07, 6.45) is 0. The van der Waals surface area contributed by atoms with Crippen molar-refractivity contribution in [2.75, 3.05) is 7.11 Å². The molecule has 3 rings (SSSR count). The molecule has 122 valence electrons. The molecule has 0 amide bonds. The van der Waals surface area contributed by atoms with Gasteiger partial charge in [-0.05, 0) is 42.0 Å². The van der Waals surface area contributed by atoms with Crippen LogP contribution in [0.15, 0.2) is 59.1 Å². The number of rotatable bonds is 5. The average Bonchev–Trinajstić information content (AvgIpc) is 3.11. The first-order valence-corrected chi connectivity index (χ1v) is 7.18. The molecule has 0 saturated heterocycles. The first-order chi connectivity index (χ1) is 11.7. The van der Waals surface area contributed by atoms with E-state index in [2.05, 4.69) is 9.89 Å². The number of aromatic nitrogens is 1. The third-order valence-corrected chi connectivity index (χ3v) is 3.36. The Labute approximate surface area is 137 Å². The molecular formula is C18H14FNO4. The molecule has 24 heavy (non-hydrogen) atoms. The highest BCUT2D eigenvalue weighted by molar-refractivity contribution is 5.88. The molecule has 1 heterocycles. The predicted molar refractivity (Wildman–Crippen MR) is 84.0 cm³/mol. The van der Waals surface area contributed by atoms with Gasteiger partial charge in [0.25, 0.3) is 0 Å². The molecule has 0 radical (unpaired) electrons. The summed E-state index contributed by atoms with van der Waals surface area (Å²) in [6.45, 7) is 0.342. The molecule has 0 aliphatic heterocycles. The lowest BCUT2D eigenvalue weighted by molar-refractivity contribution is 0.0589. The Morgan fingerprint density at radius 3 is 2.50 bits per heavy atom. The highest BCUT2D eigenvalue weighted by Crippen LogP contribution is 2.24. The summed E-state index contributed by atoms with van der Waals surface area (Å²) >= 11 is 0.